The molecule has 0 fully saturated rings. The van der Waals surface area contributed by atoms with Crippen LogP contribution in [0, 0.1) is 6.92 Å². The third-order valence-electron chi connectivity index (χ3n) is 2.55. The van der Waals surface area contributed by atoms with Crippen molar-refractivity contribution >= 4 is 29.1 Å². The molecule has 2 aromatic rings. The molecule has 2 aromatic heterocycles. The van der Waals surface area contributed by atoms with E-state index in [9.17, 15) is 4.79 Å². The summed E-state index contributed by atoms with van der Waals surface area (Å²) in [6.45, 7) is 4.69. The molecule has 6 nitrogen and oxygen atoms in total. The minimum Gasteiger partial charge on any atom is -0.481 e. The van der Waals surface area contributed by atoms with Crippen molar-refractivity contribution in [1.29, 1.82) is 0 Å². The Morgan fingerprint density at radius 2 is 2.30 bits per heavy atom. The molecule has 0 unspecified atom stereocenters. The molecule has 0 saturated heterocycles. The number of nitrogens with zero attached hydrogens (tertiary/aromatic N) is 4. The summed E-state index contributed by atoms with van der Waals surface area (Å²) in [4.78, 5) is 16.2. The smallest absolute Gasteiger partial charge is 0.313 e. The standard InChI is InChI=1S/C12H16N4O2S2/c1-3-4-9-14-15-12(19-7-11(17)18)16(9)6-10-13-5-8(2)20-10/h5H,3-4,6-7H2,1-2H3,(H,17,18). The normalized spacial score (nSPS) is 10.9. The Bertz CT molecular complexity index is 594. The number of thioether (sulfide) groups is 1. The molecule has 20 heavy (non-hydrogen) atoms. The lowest BCUT2D eigenvalue weighted by Gasteiger charge is -2.07. The third kappa shape index (κ3) is 3.80. The van der Waals surface area contributed by atoms with Crippen molar-refractivity contribution in [3.8, 4) is 0 Å². The number of aliphatic carboxylic acids is 1. The van der Waals surface area contributed by atoms with Crippen molar-refractivity contribution in [2.45, 2.75) is 38.4 Å². The predicted molar refractivity (Wildman–Crippen MR) is 78.3 cm³/mol. The summed E-state index contributed by atoms with van der Waals surface area (Å²) in [5.74, 6) is 0.0150. The zero-order valence-electron chi connectivity index (χ0n) is 11.4. The average molecular weight is 312 g/mol. The molecule has 0 saturated carbocycles. The number of aromatic nitrogens is 4. The van der Waals surface area contributed by atoms with E-state index >= 15 is 0 Å². The summed E-state index contributed by atoms with van der Waals surface area (Å²) < 4.78 is 1.97. The van der Waals surface area contributed by atoms with Gasteiger partial charge in [0.1, 0.15) is 10.8 Å². The number of thiazole rings is 1. The van der Waals surface area contributed by atoms with Gasteiger partial charge in [-0.05, 0) is 13.3 Å². The van der Waals surface area contributed by atoms with Crippen LogP contribution in [0.1, 0.15) is 29.1 Å². The van der Waals surface area contributed by atoms with Crippen molar-refractivity contribution in [2.75, 3.05) is 5.75 Å². The molecule has 2 heterocycles. The Kier molecular flexibility index (Phi) is 5.13. The van der Waals surface area contributed by atoms with Crippen LogP contribution in [0.15, 0.2) is 11.4 Å². The van der Waals surface area contributed by atoms with Gasteiger partial charge in [0.2, 0.25) is 0 Å². The van der Waals surface area contributed by atoms with Crippen molar-refractivity contribution in [2.24, 2.45) is 0 Å². The molecular formula is C12H16N4O2S2. The van der Waals surface area contributed by atoms with Gasteiger partial charge in [0.25, 0.3) is 0 Å². The minimum atomic E-state index is -0.855. The maximum atomic E-state index is 10.7. The van der Waals surface area contributed by atoms with Gasteiger partial charge in [0, 0.05) is 17.5 Å². The average Bonchev–Trinajstić information content (AvgIpc) is 2.96. The second-order valence-electron chi connectivity index (χ2n) is 4.28. The van der Waals surface area contributed by atoms with E-state index in [1.54, 1.807) is 11.3 Å². The molecule has 2 rings (SSSR count). The summed E-state index contributed by atoms with van der Waals surface area (Å²) in [6.07, 6.45) is 3.64. The fourth-order valence-corrected chi connectivity index (χ4v) is 3.18. The Labute approximate surface area is 125 Å². The zero-order chi connectivity index (χ0) is 14.5. The van der Waals surface area contributed by atoms with Crippen molar-refractivity contribution in [3.63, 3.8) is 0 Å². The van der Waals surface area contributed by atoms with E-state index in [2.05, 4.69) is 22.1 Å². The van der Waals surface area contributed by atoms with Crippen molar-refractivity contribution in [1.82, 2.24) is 19.7 Å². The zero-order valence-corrected chi connectivity index (χ0v) is 13.0. The maximum Gasteiger partial charge on any atom is 0.313 e. The van der Waals surface area contributed by atoms with Gasteiger partial charge in [-0.3, -0.25) is 9.36 Å². The minimum absolute atomic E-state index is 0.0127. The fourth-order valence-electron chi connectivity index (χ4n) is 1.73. The highest BCUT2D eigenvalue weighted by atomic mass is 32.2. The molecule has 0 aliphatic carbocycles. The van der Waals surface area contributed by atoms with Gasteiger partial charge in [0.15, 0.2) is 5.16 Å². The van der Waals surface area contributed by atoms with Crippen LogP contribution in [0.3, 0.4) is 0 Å². The molecule has 0 amide bonds. The molecule has 0 aliphatic rings. The molecule has 8 heteroatoms. The monoisotopic (exact) mass is 312 g/mol. The second-order valence-corrected chi connectivity index (χ2v) is 6.54. The fraction of sp³-hybridized carbons (Fsp3) is 0.500. The number of aryl methyl sites for hydroxylation is 2. The van der Waals surface area contributed by atoms with Gasteiger partial charge in [-0.1, -0.05) is 18.7 Å². The van der Waals surface area contributed by atoms with E-state index in [0.717, 1.165) is 28.6 Å². The van der Waals surface area contributed by atoms with Gasteiger partial charge in [-0.2, -0.15) is 0 Å². The van der Waals surface area contributed by atoms with Crippen molar-refractivity contribution < 1.29 is 9.90 Å². The van der Waals surface area contributed by atoms with Gasteiger partial charge in [-0.25, -0.2) is 4.98 Å². The van der Waals surface area contributed by atoms with E-state index in [1.165, 1.54) is 11.8 Å². The van der Waals surface area contributed by atoms with E-state index in [1.807, 2.05) is 17.7 Å². The van der Waals surface area contributed by atoms with E-state index in [0.29, 0.717) is 11.7 Å². The number of hydrogen-bond acceptors (Lipinski definition) is 6. The lowest BCUT2D eigenvalue weighted by Crippen LogP contribution is -2.08. The SMILES string of the molecule is CCCc1nnc(SCC(=O)O)n1Cc1ncc(C)s1. The quantitative estimate of drug-likeness (QED) is 0.790. The number of carbonyl (C=O) groups is 1. The first-order valence-corrected chi connectivity index (χ1v) is 8.08. The molecular weight excluding hydrogens is 296 g/mol. The molecule has 108 valence electrons. The number of carboxylic acids is 1. The van der Waals surface area contributed by atoms with Crippen LogP contribution < -0.4 is 0 Å². The van der Waals surface area contributed by atoms with E-state index in [-0.39, 0.29) is 5.75 Å². The van der Waals surface area contributed by atoms with Crippen LogP contribution >= 0.6 is 23.1 Å². The van der Waals surface area contributed by atoms with Crippen LogP contribution in [-0.2, 0) is 17.8 Å². The summed E-state index contributed by atoms with van der Waals surface area (Å²) in [6, 6.07) is 0. The largest absolute Gasteiger partial charge is 0.481 e. The Hall–Kier alpha value is -1.41. The molecule has 0 aromatic carbocycles. The molecule has 0 radical (unpaired) electrons. The number of hydrogen-bond donors (Lipinski definition) is 1. The van der Waals surface area contributed by atoms with Crippen LogP contribution in [0.25, 0.3) is 0 Å². The van der Waals surface area contributed by atoms with Gasteiger partial charge in [0.05, 0.1) is 12.3 Å². The Balaban J connectivity index is 2.21. The summed E-state index contributed by atoms with van der Waals surface area (Å²) in [5.41, 5.74) is 0. The van der Waals surface area contributed by atoms with E-state index < -0.39 is 5.97 Å². The lowest BCUT2D eigenvalue weighted by molar-refractivity contribution is -0.133. The van der Waals surface area contributed by atoms with Gasteiger partial charge in [-0.15, -0.1) is 21.5 Å². The lowest BCUT2D eigenvalue weighted by atomic mass is 10.3. The summed E-state index contributed by atoms with van der Waals surface area (Å²) >= 11 is 2.83. The second kappa shape index (κ2) is 6.85. The summed E-state index contributed by atoms with van der Waals surface area (Å²) in [7, 11) is 0. The molecule has 0 bridgehead atoms. The predicted octanol–water partition coefficient (Wildman–Crippen LogP) is 2.22. The molecule has 0 spiro atoms. The number of carboxylic acid groups (broad SMARTS) is 1. The highest BCUT2D eigenvalue weighted by Crippen LogP contribution is 2.21. The Morgan fingerprint density at radius 1 is 1.50 bits per heavy atom. The number of rotatable bonds is 7. The Morgan fingerprint density at radius 3 is 2.90 bits per heavy atom. The summed E-state index contributed by atoms with van der Waals surface area (Å²) in [5, 5.41) is 18.7. The highest BCUT2D eigenvalue weighted by Gasteiger charge is 2.15. The van der Waals surface area contributed by atoms with Crippen LogP contribution in [0.4, 0.5) is 0 Å². The third-order valence-corrected chi connectivity index (χ3v) is 4.40. The molecule has 0 atom stereocenters. The first-order chi connectivity index (χ1) is 9.60. The molecule has 0 aliphatic heterocycles. The van der Waals surface area contributed by atoms with Gasteiger partial charge < -0.3 is 5.11 Å². The maximum absolute atomic E-state index is 10.7. The molecule has 1 N–H and O–H groups in total. The van der Waals surface area contributed by atoms with Crippen LogP contribution in [0.5, 0.6) is 0 Å². The van der Waals surface area contributed by atoms with E-state index in [4.69, 9.17) is 5.11 Å². The first kappa shape index (κ1) is 15.0. The topological polar surface area (TPSA) is 80.9 Å². The highest BCUT2D eigenvalue weighted by molar-refractivity contribution is 7.99. The van der Waals surface area contributed by atoms with Crippen LogP contribution in [-0.4, -0.2) is 36.6 Å². The van der Waals surface area contributed by atoms with Crippen molar-refractivity contribution in [3.05, 3.63) is 21.9 Å². The van der Waals surface area contributed by atoms with Gasteiger partial charge >= 0.3 is 5.97 Å². The van der Waals surface area contributed by atoms with Crippen LogP contribution in [0.2, 0.25) is 0 Å². The first-order valence-electron chi connectivity index (χ1n) is 6.28.